The van der Waals surface area contributed by atoms with Gasteiger partial charge in [-0.05, 0) is 32.4 Å². The summed E-state index contributed by atoms with van der Waals surface area (Å²) in [5, 5.41) is 3.00. The van der Waals surface area contributed by atoms with Gasteiger partial charge < -0.3 is 10.2 Å². The van der Waals surface area contributed by atoms with E-state index < -0.39 is 0 Å². The number of aromatic nitrogens is 4. The van der Waals surface area contributed by atoms with E-state index in [9.17, 15) is 0 Å². The zero-order chi connectivity index (χ0) is 14.5. The zero-order valence-corrected chi connectivity index (χ0v) is 12.4. The molecule has 1 N–H and O–H groups in total. The second-order valence-corrected chi connectivity index (χ2v) is 4.40. The third-order valence-electron chi connectivity index (χ3n) is 3.15. The quantitative estimate of drug-likeness (QED) is 0.899. The number of hydrogen-bond donors (Lipinski definition) is 1. The second-order valence-electron chi connectivity index (χ2n) is 4.40. The molecule has 2 heterocycles. The molecule has 0 spiro atoms. The van der Waals surface area contributed by atoms with Gasteiger partial charge >= 0.3 is 0 Å². The summed E-state index contributed by atoms with van der Waals surface area (Å²) < 4.78 is 0. The first-order valence-electron chi connectivity index (χ1n) is 6.79. The number of hydrogen-bond acceptors (Lipinski definition) is 6. The van der Waals surface area contributed by atoms with E-state index in [0.29, 0.717) is 17.7 Å². The minimum absolute atomic E-state index is 0.577. The number of nitrogens with one attached hydrogen (secondary N) is 1. The Morgan fingerprint density at radius 3 is 2.50 bits per heavy atom. The summed E-state index contributed by atoms with van der Waals surface area (Å²) in [6, 6.07) is 1.93. The zero-order valence-electron chi connectivity index (χ0n) is 12.4. The van der Waals surface area contributed by atoms with Gasteiger partial charge in [-0.25, -0.2) is 0 Å². The Hall–Kier alpha value is -2.24. The molecule has 0 unspecified atom stereocenters. The minimum atomic E-state index is 0.577. The first-order valence-corrected chi connectivity index (χ1v) is 6.79. The van der Waals surface area contributed by atoms with Gasteiger partial charge in [-0.2, -0.15) is 15.0 Å². The van der Waals surface area contributed by atoms with Crippen molar-refractivity contribution in [3.63, 3.8) is 0 Å². The van der Waals surface area contributed by atoms with Crippen molar-refractivity contribution in [1.82, 2.24) is 19.9 Å². The summed E-state index contributed by atoms with van der Waals surface area (Å²) in [7, 11) is 1.81. The van der Waals surface area contributed by atoms with E-state index in [1.54, 1.807) is 6.20 Å². The molecule has 0 aliphatic rings. The van der Waals surface area contributed by atoms with E-state index in [-0.39, 0.29) is 0 Å². The summed E-state index contributed by atoms with van der Waals surface area (Å²) in [5.74, 6) is 1.94. The molecule has 0 aliphatic heterocycles. The fraction of sp³-hybridized carbons (Fsp3) is 0.429. The SMILES string of the molecule is CCN(CC)c1nc(NC)nc(-c2ccncc2C)n1. The van der Waals surface area contributed by atoms with Gasteiger partial charge in [-0.3, -0.25) is 4.98 Å². The lowest BCUT2D eigenvalue weighted by atomic mass is 10.1. The second kappa shape index (κ2) is 6.27. The highest BCUT2D eigenvalue weighted by molar-refractivity contribution is 5.61. The van der Waals surface area contributed by atoms with Gasteiger partial charge in [0.1, 0.15) is 0 Å². The molecule has 106 valence electrons. The summed E-state index contributed by atoms with van der Waals surface area (Å²) >= 11 is 0. The molecular weight excluding hydrogens is 252 g/mol. The fourth-order valence-corrected chi connectivity index (χ4v) is 1.97. The molecule has 0 amide bonds. The lowest BCUT2D eigenvalue weighted by molar-refractivity contribution is 0.815. The van der Waals surface area contributed by atoms with Crippen molar-refractivity contribution in [3.8, 4) is 11.4 Å². The van der Waals surface area contributed by atoms with Crippen LogP contribution in [0.15, 0.2) is 18.5 Å². The Labute approximate surface area is 119 Å². The van der Waals surface area contributed by atoms with Crippen LogP contribution in [0.1, 0.15) is 19.4 Å². The summed E-state index contributed by atoms with van der Waals surface area (Å²) in [6.07, 6.45) is 3.57. The van der Waals surface area contributed by atoms with Crippen molar-refractivity contribution >= 4 is 11.9 Å². The van der Waals surface area contributed by atoms with Crippen LogP contribution in [0.2, 0.25) is 0 Å². The molecule has 0 saturated carbocycles. The van der Waals surface area contributed by atoms with E-state index >= 15 is 0 Å². The largest absolute Gasteiger partial charge is 0.357 e. The molecule has 2 aromatic rings. The number of pyridine rings is 1. The molecule has 0 fully saturated rings. The van der Waals surface area contributed by atoms with Gasteiger partial charge in [-0.15, -0.1) is 0 Å². The van der Waals surface area contributed by atoms with Crippen LogP contribution < -0.4 is 10.2 Å². The molecule has 0 aromatic carbocycles. The first kappa shape index (κ1) is 14.2. The maximum Gasteiger partial charge on any atom is 0.230 e. The van der Waals surface area contributed by atoms with Crippen LogP contribution in [-0.4, -0.2) is 40.1 Å². The van der Waals surface area contributed by atoms with Crippen molar-refractivity contribution in [2.24, 2.45) is 0 Å². The van der Waals surface area contributed by atoms with E-state index in [1.807, 2.05) is 26.2 Å². The molecule has 6 nitrogen and oxygen atoms in total. The normalized spacial score (nSPS) is 10.4. The average Bonchev–Trinajstić information content (AvgIpc) is 2.48. The Bertz CT molecular complexity index is 580. The van der Waals surface area contributed by atoms with Crippen LogP contribution in [0, 0.1) is 6.92 Å². The maximum absolute atomic E-state index is 4.59. The van der Waals surface area contributed by atoms with Crippen molar-refractivity contribution in [1.29, 1.82) is 0 Å². The van der Waals surface area contributed by atoms with Crippen LogP contribution >= 0.6 is 0 Å². The molecule has 0 radical (unpaired) electrons. The van der Waals surface area contributed by atoms with Gasteiger partial charge in [0.2, 0.25) is 11.9 Å². The average molecular weight is 272 g/mol. The highest BCUT2D eigenvalue weighted by atomic mass is 15.3. The Kier molecular flexibility index (Phi) is 4.45. The monoisotopic (exact) mass is 272 g/mol. The van der Waals surface area contributed by atoms with Crippen molar-refractivity contribution in [2.45, 2.75) is 20.8 Å². The van der Waals surface area contributed by atoms with Gasteiger partial charge in [0, 0.05) is 38.1 Å². The molecular formula is C14H20N6. The lowest BCUT2D eigenvalue weighted by Crippen LogP contribution is -2.25. The van der Waals surface area contributed by atoms with E-state index in [0.717, 1.165) is 24.2 Å². The van der Waals surface area contributed by atoms with Gasteiger partial charge in [-0.1, -0.05) is 0 Å². The fourth-order valence-electron chi connectivity index (χ4n) is 1.97. The topological polar surface area (TPSA) is 66.8 Å². The molecule has 0 bridgehead atoms. The highest BCUT2D eigenvalue weighted by Gasteiger charge is 2.13. The Morgan fingerprint density at radius 1 is 1.15 bits per heavy atom. The Balaban J connectivity index is 2.54. The summed E-state index contributed by atoms with van der Waals surface area (Å²) in [4.78, 5) is 19.7. The molecule has 2 rings (SSSR count). The van der Waals surface area contributed by atoms with Crippen LogP contribution in [0.25, 0.3) is 11.4 Å². The predicted octanol–water partition coefficient (Wildman–Crippen LogP) is 2.13. The predicted molar refractivity (Wildman–Crippen MR) is 80.9 cm³/mol. The van der Waals surface area contributed by atoms with Crippen molar-refractivity contribution < 1.29 is 0 Å². The number of aryl methyl sites for hydroxylation is 1. The van der Waals surface area contributed by atoms with Gasteiger partial charge in [0.05, 0.1) is 0 Å². The van der Waals surface area contributed by atoms with Gasteiger partial charge in [0.15, 0.2) is 5.82 Å². The molecule has 0 aliphatic carbocycles. The molecule has 0 atom stereocenters. The van der Waals surface area contributed by atoms with Crippen LogP contribution in [-0.2, 0) is 0 Å². The van der Waals surface area contributed by atoms with Crippen LogP contribution in [0.4, 0.5) is 11.9 Å². The first-order chi connectivity index (χ1) is 9.69. The summed E-state index contributed by atoms with van der Waals surface area (Å²) in [5.41, 5.74) is 2.03. The lowest BCUT2D eigenvalue weighted by Gasteiger charge is -2.19. The molecule has 20 heavy (non-hydrogen) atoms. The van der Waals surface area contributed by atoms with Crippen LogP contribution in [0.5, 0.6) is 0 Å². The van der Waals surface area contributed by atoms with E-state index in [4.69, 9.17) is 0 Å². The maximum atomic E-state index is 4.59. The van der Waals surface area contributed by atoms with Crippen molar-refractivity contribution in [2.75, 3.05) is 30.4 Å². The van der Waals surface area contributed by atoms with E-state index in [1.165, 1.54) is 0 Å². The number of rotatable bonds is 5. The molecule has 6 heteroatoms. The van der Waals surface area contributed by atoms with Crippen LogP contribution in [0.3, 0.4) is 0 Å². The van der Waals surface area contributed by atoms with Crippen molar-refractivity contribution in [3.05, 3.63) is 24.0 Å². The molecule has 2 aromatic heterocycles. The summed E-state index contributed by atoms with van der Waals surface area (Å²) in [6.45, 7) is 7.90. The third kappa shape index (κ3) is 2.84. The highest BCUT2D eigenvalue weighted by Crippen LogP contribution is 2.21. The number of nitrogens with zero attached hydrogens (tertiary/aromatic N) is 5. The number of anilines is 2. The third-order valence-corrected chi connectivity index (χ3v) is 3.15. The standard InChI is InChI=1S/C14H20N6/c1-5-20(6-2)14-18-12(17-13(15-4)19-14)11-7-8-16-9-10(11)3/h7-9H,5-6H2,1-4H3,(H,15,17,18,19). The smallest absolute Gasteiger partial charge is 0.230 e. The van der Waals surface area contributed by atoms with E-state index in [2.05, 4.69) is 44.0 Å². The minimum Gasteiger partial charge on any atom is -0.357 e. The molecule has 0 saturated heterocycles. The Morgan fingerprint density at radius 2 is 1.90 bits per heavy atom. The van der Waals surface area contributed by atoms with Gasteiger partial charge in [0.25, 0.3) is 0 Å².